The second kappa shape index (κ2) is 6.16. The van der Waals surface area contributed by atoms with E-state index in [2.05, 4.69) is 16.4 Å². The number of carbonyl (C=O) groups is 1. The van der Waals surface area contributed by atoms with E-state index in [1.54, 1.807) is 0 Å². The third kappa shape index (κ3) is 4.58. The highest BCUT2D eigenvalue weighted by atomic mass is 16.2. The van der Waals surface area contributed by atoms with E-state index in [-0.39, 0.29) is 11.8 Å². The minimum Gasteiger partial charge on any atom is -0.278 e. The molecular weight excluding hydrogens is 190 g/mol. The maximum atomic E-state index is 11.1. The minimum atomic E-state index is -0.0319. The molecule has 4 nitrogen and oxygen atoms in total. The Kier molecular flexibility index (Phi) is 4.80. The molecule has 0 aromatic heterocycles. The van der Waals surface area contributed by atoms with Gasteiger partial charge in [-0.25, -0.2) is 5.43 Å². The van der Waals surface area contributed by atoms with E-state index in [1.807, 2.05) is 44.2 Å². The smallest absolute Gasteiger partial charge is 0.237 e. The van der Waals surface area contributed by atoms with E-state index in [0.717, 1.165) is 5.56 Å². The van der Waals surface area contributed by atoms with E-state index in [1.165, 1.54) is 0 Å². The summed E-state index contributed by atoms with van der Waals surface area (Å²) in [6.07, 6.45) is 0. The van der Waals surface area contributed by atoms with Crippen molar-refractivity contribution < 1.29 is 4.79 Å². The predicted molar refractivity (Wildman–Crippen MR) is 59.4 cm³/mol. The van der Waals surface area contributed by atoms with Crippen LogP contribution in [0.3, 0.4) is 0 Å². The van der Waals surface area contributed by atoms with Gasteiger partial charge in [-0.15, -0.1) is 0 Å². The van der Waals surface area contributed by atoms with Crippen LogP contribution in [-0.4, -0.2) is 5.91 Å². The quantitative estimate of drug-likeness (QED) is 0.498. The standard InChI is InChI=1S/C11H17N3O/c1-9(2)11(15)13-14-12-8-10-6-4-3-5-7-10/h3-7,9,12,14H,8H2,1-2H3,(H,13,15). The van der Waals surface area contributed by atoms with E-state index < -0.39 is 0 Å². The van der Waals surface area contributed by atoms with E-state index >= 15 is 0 Å². The summed E-state index contributed by atoms with van der Waals surface area (Å²) < 4.78 is 0. The molecule has 1 aromatic carbocycles. The van der Waals surface area contributed by atoms with Gasteiger partial charge in [0.15, 0.2) is 0 Å². The Morgan fingerprint density at radius 1 is 1.27 bits per heavy atom. The molecule has 0 bridgehead atoms. The first-order valence-corrected chi connectivity index (χ1v) is 5.02. The fourth-order valence-electron chi connectivity index (χ4n) is 0.992. The van der Waals surface area contributed by atoms with Crippen molar-refractivity contribution in [2.24, 2.45) is 5.92 Å². The summed E-state index contributed by atoms with van der Waals surface area (Å²) in [6.45, 7) is 4.35. The van der Waals surface area contributed by atoms with E-state index in [0.29, 0.717) is 6.54 Å². The molecule has 3 N–H and O–H groups in total. The Labute approximate surface area is 90.0 Å². The van der Waals surface area contributed by atoms with Gasteiger partial charge >= 0.3 is 0 Å². The molecule has 0 atom stereocenters. The molecule has 0 heterocycles. The van der Waals surface area contributed by atoms with Crippen molar-refractivity contribution in [1.82, 2.24) is 16.4 Å². The van der Waals surface area contributed by atoms with Crippen molar-refractivity contribution in [2.45, 2.75) is 20.4 Å². The molecule has 4 heteroatoms. The minimum absolute atomic E-state index is 0.0176. The Bertz CT molecular complexity index is 298. The number of carbonyl (C=O) groups excluding carboxylic acids is 1. The van der Waals surface area contributed by atoms with Crippen molar-refractivity contribution in [3.63, 3.8) is 0 Å². The maximum absolute atomic E-state index is 11.1. The molecule has 0 radical (unpaired) electrons. The number of amides is 1. The molecule has 0 saturated heterocycles. The molecule has 0 saturated carbocycles. The molecular formula is C11H17N3O. The van der Waals surface area contributed by atoms with Crippen LogP contribution < -0.4 is 16.4 Å². The summed E-state index contributed by atoms with van der Waals surface area (Å²) in [5.74, 6) is -0.0495. The van der Waals surface area contributed by atoms with Crippen LogP contribution in [0.1, 0.15) is 19.4 Å². The van der Waals surface area contributed by atoms with Crippen molar-refractivity contribution in [3.8, 4) is 0 Å². The summed E-state index contributed by atoms with van der Waals surface area (Å²) in [6, 6.07) is 9.95. The van der Waals surface area contributed by atoms with Crippen LogP contribution in [0, 0.1) is 5.92 Å². The lowest BCUT2D eigenvalue weighted by molar-refractivity contribution is -0.125. The predicted octanol–water partition coefficient (Wildman–Crippen LogP) is 0.968. The molecule has 1 amide bonds. The second-order valence-corrected chi connectivity index (χ2v) is 3.61. The summed E-state index contributed by atoms with van der Waals surface area (Å²) in [5.41, 5.74) is 9.28. The van der Waals surface area contributed by atoms with Crippen LogP contribution in [0.5, 0.6) is 0 Å². The number of rotatable bonds is 5. The van der Waals surface area contributed by atoms with Gasteiger partial charge in [-0.3, -0.25) is 10.2 Å². The molecule has 1 aromatic rings. The molecule has 0 spiro atoms. The average Bonchev–Trinajstić information content (AvgIpc) is 2.25. The van der Waals surface area contributed by atoms with Crippen LogP contribution in [0.4, 0.5) is 0 Å². The second-order valence-electron chi connectivity index (χ2n) is 3.61. The number of hydrogen-bond donors (Lipinski definition) is 3. The summed E-state index contributed by atoms with van der Waals surface area (Å²) in [7, 11) is 0. The molecule has 15 heavy (non-hydrogen) atoms. The van der Waals surface area contributed by atoms with Crippen LogP contribution in [0.15, 0.2) is 30.3 Å². The van der Waals surface area contributed by atoms with Crippen molar-refractivity contribution in [2.75, 3.05) is 0 Å². The van der Waals surface area contributed by atoms with Crippen molar-refractivity contribution >= 4 is 5.91 Å². The molecule has 0 aliphatic rings. The third-order valence-electron chi connectivity index (χ3n) is 1.93. The summed E-state index contributed by atoms with van der Waals surface area (Å²) in [5, 5.41) is 0. The molecule has 0 aliphatic carbocycles. The number of benzene rings is 1. The highest BCUT2D eigenvalue weighted by molar-refractivity contribution is 5.77. The highest BCUT2D eigenvalue weighted by Crippen LogP contribution is 1.95. The first kappa shape index (κ1) is 11.7. The summed E-state index contributed by atoms with van der Waals surface area (Å²) >= 11 is 0. The Morgan fingerprint density at radius 2 is 1.93 bits per heavy atom. The fourth-order valence-corrected chi connectivity index (χ4v) is 0.992. The summed E-state index contributed by atoms with van der Waals surface area (Å²) in [4.78, 5) is 11.1. The zero-order chi connectivity index (χ0) is 11.1. The number of hydrazine groups is 2. The molecule has 0 aliphatic heterocycles. The highest BCUT2D eigenvalue weighted by Gasteiger charge is 2.04. The number of hydrogen-bond acceptors (Lipinski definition) is 3. The first-order chi connectivity index (χ1) is 7.20. The Morgan fingerprint density at radius 3 is 2.53 bits per heavy atom. The number of nitrogens with one attached hydrogen (secondary N) is 3. The SMILES string of the molecule is CC(C)C(=O)NNNCc1ccccc1. The van der Waals surface area contributed by atoms with Gasteiger partial charge in [0.2, 0.25) is 5.91 Å². The molecule has 1 rings (SSSR count). The van der Waals surface area contributed by atoms with E-state index in [9.17, 15) is 4.79 Å². The lowest BCUT2D eigenvalue weighted by Crippen LogP contribution is -2.47. The fraction of sp³-hybridized carbons (Fsp3) is 0.364. The largest absolute Gasteiger partial charge is 0.278 e. The first-order valence-electron chi connectivity index (χ1n) is 5.02. The van der Waals surface area contributed by atoms with Gasteiger partial charge in [0.05, 0.1) is 0 Å². The lowest BCUT2D eigenvalue weighted by Gasteiger charge is -2.10. The molecule has 0 fully saturated rings. The van der Waals surface area contributed by atoms with Crippen LogP contribution in [0.25, 0.3) is 0 Å². The van der Waals surface area contributed by atoms with Crippen molar-refractivity contribution in [1.29, 1.82) is 0 Å². The monoisotopic (exact) mass is 207 g/mol. The van der Waals surface area contributed by atoms with Crippen molar-refractivity contribution in [3.05, 3.63) is 35.9 Å². The van der Waals surface area contributed by atoms with Gasteiger partial charge < -0.3 is 0 Å². The maximum Gasteiger partial charge on any atom is 0.237 e. The van der Waals surface area contributed by atoms with Gasteiger partial charge in [-0.05, 0) is 5.56 Å². The van der Waals surface area contributed by atoms with Gasteiger partial charge in [-0.2, -0.15) is 5.53 Å². The van der Waals surface area contributed by atoms with Crippen LogP contribution >= 0.6 is 0 Å². The third-order valence-corrected chi connectivity index (χ3v) is 1.93. The normalized spacial score (nSPS) is 10.3. The zero-order valence-corrected chi connectivity index (χ0v) is 9.08. The molecule has 82 valence electrons. The topological polar surface area (TPSA) is 53.2 Å². The molecule has 0 unspecified atom stereocenters. The Balaban J connectivity index is 2.15. The van der Waals surface area contributed by atoms with Crippen LogP contribution in [-0.2, 0) is 11.3 Å². The van der Waals surface area contributed by atoms with Gasteiger partial charge in [0.1, 0.15) is 0 Å². The van der Waals surface area contributed by atoms with E-state index in [4.69, 9.17) is 0 Å². The van der Waals surface area contributed by atoms with Crippen LogP contribution in [0.2, 0.25) is 0 Å². The van der Waals surface area contributed by atoms with Gasteiger partial charge in [0.25, 0.3) is 0 Å². The van der Waals surface area contributed by atoms with Gasteiger partial charge in [-0.1, -0.05) is 44.2 Å². The van der Waals surface area contributed by atoms with Gasteiger partial charge in [0, 0.05) is 12.5 Å². The zero-order valence-electron chi connectivity index (χ0n) is 9.08. The average molecular weight is 207 g/mol. The Hall–Kier alpha value is -1.39. The lowest BCUT2D eigenvalue weighted by atomic mass is 10.2.